The summed E-state index contributed by atoms with van der Waals surface area (Å²) >= 11 is 1.79. The maximum atomic E-state index is 6.59. The Hall–Kier alpha value is -7.55. The summed E-state index contributed by atoms with van der Waals surface area (Å²) in [6.07, 6.45) is 0. The Morgan fingerprint density at radius 2 is 0.793 bits per heavy atom. The van der Waals surface area contributed by atoms with Crippen LogP contribution < -0.4 is 14.5 Å². The van der Waals surface area contributed by atoms with Crippen LogP contribution in [-0.2, 0) is 0 Å². The van der Waals surface area contributed by atoms with E-state index in [1.54, 1.807) is 11.8 Å². The summed E-state index contributed by atoms with van der Waals surface area (Å²) in [5, 5.41) is 0. The zero-order valence-electron chi connectivity index (χ0n) is 30.7. The maximum absolute atomic E-state index is 6.59. The summed E-state index contributed by atoms with van der Waals surface area (Å²) in [6.45, 7) is 0. The van der Waals surface area contributed by atoms with Crippen LogP contribution in [0, 0.1) is 0 Å². The number of anilines is 6. The highest BCUT2D eigenvalue weighted by Gasteiger charge is 2.29. The van der Waals surface area contributed by atoms with E-state index in [4.69, 9.17) is 23.5 Å². The van der Waals surface area contributed by atoms with Gasteiger partial charge in [-0.3, -0.25) is 0 Å². The number of aromatic nitrogens is 2. The number of fused-ring (bicyclic) bond motifs is 6. The number of oxazole rings is 2. The molecule has 0 radical (unpaired) electrons. The van der Waals surface area contributed by atoms with Gasteiger partial charge in [0.1, 0.15) is 11.0 Å². The van der Waals surface area contributed by atoms with Crippen LogP contribution in [0.3, 0.4) is 0 Å². The smallest absolute Gasteiger partial charge is 0.228 e. The molecule has 0 saturated heterocycles. The van der Waals surface area contributed by atoms with Gasteiger partial charge in [-0.1, -0.05) is 96.7 Å². The SMILES string of the molecule is c1ccc2c(c1)Oc1ccccc1N2c1ccc(-c2ccc(N3c4ccccc4Sc4ccccc43)cc2-c2nc3ccccc3o2)c(-c2nc3ccccc3o2)c1. The van der Waals surface area contributed by atoms with Gasteiger partial charge in [0.05, 0.1) is 22.7 Å². The second-order valence-corrected chi connectivity index (χ2v) is 15.3. The van der Waals surface area contributed by atoms with Crippen LogP contribution in [-0.4, -0.2) is 9.97 Å². The fraction of sp³-hybridized carbons (Fsp3) is 0. The number of para-hydroxylation sites is 10. The highest BCUT2D eigenvalue weighted by Crippen LogP contribution is 2.54. The molecule has 7 nitrogen and oxygen atoms in total. The molecular weight excluding hydrogens is 737 g/mol. The average Bonchev–Trinajstić information content (AvgIpc) is 3.92. The van der Waals surface area contributed by atoms with Crippen LogP contribution in [0.5, 0.6) is 11.5 Å². The number of hydrogen-bond donors (Lipinski definition) is 0. The molecule has 8 aromatic carbocycles. The van der Waals surface area contributed by atoms with Gasteiger partial charge in [-0.05, 0) is 108 Å². The first-order valence-electron chi connectivity index (χ1n) is 19.1. The van der Waals surface area contributed by atoms with Crippen molar-refractivity contribution in [2.24, 2.45) is 0 Å². The van der Waals surface area contributed by atoms with E-state index in [-0.39, 0.29) is 0 Å². The number of rotatable bonds is 5. The van der Waals surface area contributed by atoms with Gasteiger partial charge in [0, 0.05) is 32.3 Å². The van der Waals surface area contributed by atoms with Gasteiger partial charge in [-0.25, -0.2) is 9.97 Å². The highest BCUT2D eigenvalue weighted by molar-refractivity contribution is 7.99. The van der Waals surface area contributed by atoms with Gasteiger partial charge in [-0.2, -0.15) is 0 Å². The molecule has 0 spiro atoms. The van der Waals surface area contributed by atoms with Crippen molar-refractivity contribution in [3.05, 3.63) is 182 Å². The van der Waals surface area contributed by atoms with Crippen LogP contribution in [0.2, 0.25) is 0 Å². The monoisotopic (exact) mass is 766 g/mol. The molecule has 10 aromatic rings. The lowest BCUT2D eigenvalue weighted by molar-refractivity contribution is 0.477. The molecule has 8 heteroatoms. The van der Waals surface area contributed by atoms with E-state index in [2.05, 4.69) is 107 Å². The Morgan fingerprint density at radius 1 is 0.379 bits per heavy atom. The third-order valence-electron chi connectivity index (χ3n) is 10.7. The molecule has 0 amide bonds. The number of ether oxygens (including phenoxy) is 1. The fourth-order valence-electron chi connectivity index (χ4n) is 8.11. The largest absolute Gasteiger partial charge is 0.453 e. The number of hydrogen-bond acceptors (Lipinski definition) is 8. The number of nitrogens with zero attached hydrogens (tertiary/aromatic N) is 4. The molecule has 0 atom stereocenters. The van der Waals surface area contributed by atoms with Crippen LogP contribution in [0.4, 0.5) is 34.1 Å². The lowest BCUT2D eigenvalue weighted by Gasteiger charge is -2.33. The zero-order valence-corrected chi connectivity index (χ0v) is 31.6. The molecule has 4 heterocycles. The van der Waals surface area contributed by atoms with E-state index >= 15 is 0 Å². The van der Waals surface area contributed by atoms with Gasteiger partial charge < -0.3 is 23.4 Å². The van der Waals surface area contributed by atoms with E-state index in [9.17, 15) is 0 Å². The molecule has 58 heavy (non-hydrogen) atoms. The predicted octanol–water partition coefficient (Wildman–Crippen LogP) is 14.5. The Balaban J connectivity index is 1.11. The fourth-order valence-corrected chi connectivity index (χ4v) is 9.16. The van der Waals surface area contributed by atoms with Gasteiger partial charge in [0.25, 0.3) is 0 Å². The molecule has 0 unspecified atom stereocenters. The zero-order chi connectivity index (χ0) is 38.2. The summed E-state index contributed by atoms with van der Waals surface area (Å²) in [4.78, 5) is 17.1. The summed E-state index contributed by atoms with van der Waals surface area (Å²) in [7, 11) is 0. The minimum absolute atomic E-state index is 0.511. The Bertz CT molecular complexity index is 2870. The van der Waals surface area contributed by atoms with Crippen LogP contribution in [0.1, 0.15) is 0 Å². The van der Waals surface area contributed by atoms with Crippen molar-refractivity contribution >= 4 is 68.1 Å². The maximum Gasteiger partial charge on any atom is 0.228 e. The minimum atomic E-state index is 0.511. The van der Waals surface area contributed by atoms with Gasteiger partial charge in [-0.15, -0.1) is 0 Å². The quantitative estimate of drug-likeness (QED) is 0.172. The van der Waals surface area contributed by atoms with Crippen molar-refractivity contribution in [1.29, 1.82) is 0 Å². The van der Waals surface area contributed by atoms with Gasteiger partial charge >= 0.3 is 0 Å². The molecule has 0 aliphatic carbocycles. The molecule has 0 N–H and O–H groups in total. The van der Waals surface area contributed by atoms with Crippen molar-refractivity contribution in [1.82, 2.24) is 9.97 Å². The minimum Gasteiger partial charge on any atom is -0.453 e. The van der Waals surface area contributed by atoms with Crippen LogP contribution >= 0.6 is 11.8 Å². The van der Waals surface area contributed by atoms with Gasteiger partial charge in [0.2, 0.25) is 11.8 Å². The molecule has 274 valence electrons. The van der Waals surface area contributed by atoms with Gasteiger partial charge in [0.15, 0.2) is 22.7 Å². The molecule has 0 fully saturated rings. The first-order chi connectivity index (χ1) is 28.7. The second-order valence-electron chi connectivity index (χ2n) is 14.2. The summed E-state index contributed by atoms with van der Waals surface area (Å²) in [5.74, 6) is 2.59. The molecule has 0 bridgehead atoms. The summed E-state index contributed by atoms with van der Waals surface area (Å²) < 4.78 is 19.6. The van der Waals surface area contributed by atoms with Crippen molar-refractivity contribution < 1.29 is 13.6 Å². The molecule has 12 rings (SSSR count). The molecular formula is C50H30N4O3S. The highest BCUT2D eigenvalue weighted by atomic mass is 32.2. The lowest BCUT2D eigenvalue weighted by Crippen LogP contribution is -2.15. The lowest BCUT2D eigenvalue weighted by atomic mass is 9.93. The van der Waals surface area contributed by atoms with E-state index < -0.39 is 0 Å². The Morgan fingerprint density at radius 3 is 1.29 bits per heavy atom. The van der Waals surface area contributed by atoms with E-state index in [0.29, 0.717) is 17.4 Å². The predicted molar refractivity (Wildman–Crippen MR) is 231 cm³/mol. The van der Waals surface area contributed by atoms with Crippen LogP contribution in [0.25, 0.3) is 56.2 Å². The number of benzene rings is 8. The summed E-state index contributed by atoms with van der Waals surface area (Å²) in [6, 6.07) is 62.1. The first kappa shape index (κ1) is 32.7. The normalized spacial score (nSPS) is 12.8. The van der Waals surface area contributed by atoms with Crippen molar-refractivity contribution in [2.45, 2.75) is 9.79 Å². The second kappa shape index (κ2) is 13.0. The topological polar surface area (TPSA) is 67.8 Å². The molecule has 2 aromatic heterocycles. The third kappa shape index (κ3) is 5.23. The van der Waals surface area contributed by atoms with E-state index in [1.165, 1.54) is 9.79 Å². The van der Waals surface area contributed by atoms with Crippen molar-refractivity contribution in [3.8, 4) is 45.5 Å². The third-order valence-corrected chi connectivity index (χ3v) is 11.9. The first-order valence-corrected chi connectivity index (χ1v) is 19.9. The Kier molecular flexibility index (Phi) is 7.33. The van der Waals surface area contributed by atoms with E-state index in [0.717, 1.165) is 84.5 Å². The van der Waals surface area contributed by atoms with Crippen molar-refractivity contribution in [3.63, 3.8) is 0 Å². The Labute approximate surface area is 337 Å². The standard InChI is InChI=1S/C50H30N4O3S/c1-7-19-43-37(13-1)51-49(56-43)35-29-31(53-39-15-3-9-21-45(39)55-46-22-10-4-16-40(46)53)25-27-33(35)34-28-26-32(30-36(34)50-52-38-14-2-8-20-44(38)57-50)54-41-17-5-11-23-47(41)58-48-24-12-6-18-42(48)54/h1-30H. The van der Waals surface area contributed by atoms with Crippen LogP contribution in [0.15, 0.2) is 201 Å². The van der Waals surface area contributed by atoms with E-state index in [1.807, 2.05) is 84.9 Å². The average molecular weight is 767 g/mol. The molecule has 2 aliphatic heterocycles. The molecule has 2 aliphatic rings. The summed E-state index contributed by atoms with van der Waals surface area (Å²) in [5.41, 5.74) is 12.6. The molecule has 0 saturated carbocycles. The van der Waals surface area contributed by atoms with Crippen molar-refractivity contribution in [2.75, 3.05) is 9.80 Å².